The van der Waals surface area contributed by atoms with E-state index < -0.39 is 0 Å². The number of aliphatic imine (C=N–C) groups is 1. The van der Waals surface area contributed by atoms with E-state index in [-0.39, 0.29) is 5.88 Å². The summed E-state index contributed by atoms with van der Waals surface area (Å²) < 4.78 is 0. The Morgan fingerprint density at radius 2 is 1.84 bits per heavy atom. The molecule has 152 valence electrons. The van der Waals surface area contributed by atoms with Gasteiger partial charge in [-0.05, 0) is 35.4 Å². The van der Waals surface area contributed by atoms with Crippen LogP contribution in [-0.4, -0.2) is 25.8 Å². The summed E-state index contributed by atoms with van der Waals surface area (Å²) in [7, 11) is 0. The number of nitrogens with one attached hydrogen (secondary N) is 2. The Morgan fingerprint density at radius 3 is 2.61 bits per heavy atom. The summed E-state index contributed by atoms with van der Waals surface area (Å²) in [4.78, 5) is 15.2. The summed E-state index contributed by atoms with van der Waals surface area (Å²) in [5, 5.41) is 11.7. The molecule has 0 amide bonds. The van der Waals surface area contributed by atoms with Crippen molar-refractivity contribution in [2.24, 2.45) is 10.7 Å². The SMILES string of the molecule is NCc1cccc(C(=Nc2ccc(-c3cnc[nH]3)cc2)c2c(O)[nH]c3ccccc23)c1. The number of nitrogens with zero attached hydrogens (tertiary/aromatic N) is 2. The lowest BCUT2D eigenvalue weighted by molar-refractivity contribution is 0.457. The standard InChI is InChI=1S/C25H21N5O/c26-13-16-4-3-5-18(12-16)24(23-20-6-1-2-7-21(20)30-25(23)31)29-19-10-8-17(9-11-19)22-14-27-15-28-22/h1-12,14-15,30-31H,13,26H2,(H,27,28). The predicted molar refractivity (Wildman–Crippen MR) is 124 cm³/mol. The number of rotatable bonds is 5. The lowest BCUT2D eigenvalue weighted by Crippen LogP contribution is -2.05. The molecule has 31 heavy (non-hydrogen) atoms. The van der Waals surface area contributed by atoms with Crippen molar-refractivity contribution in [1.82, 2.24) is 15.0 Å². The monoisotopic (exact) mass is 407 g/mol. The molecule has 0 bridgehead atoms. The molecular formula is C25H21N5O. The molecular weight excluding hydrogens is 386 g/mol. The van der Waals surface area contributed by atoms with E-state index in [9.17, 15) is 5.11 Å². The van der Waals surface area contributed by atoms with E-state index >= 15 is 0 Å². The van der Waals surface area contributed by atoms with Crippen LogP contribution in [-0.2, 0) is 6.54 Å². The van der Waals surface area contributed by atoms with Crippen LogP contribution in [0.2, 0.25) is 0 Å². The van der Waals surface area contributed by atoms with E-state index in [0.717, 1.165) is 39.0 Å². The van der Waals surface area contributed by atoms with Crippen LogP contribution >= 0.6 is 0 Å². The number of fused-ring (bicyclic) bond motifs is 1. The molecule has 5 aromatic rings. The Morgan fingerprint density at radius 1 is 1.00 bits per heavy atom. The number of H-pyrrole nitrogens is 2. The molecule has 5 rings (SSSR count). The number of benzene rings is 3. The number of aromatic hydroxyl groups is 1. The maximum absolute atomic E-state index is 10.8. The van der Waals surface area contributed by atoms with Gasteiger partial charge < -0.3 is 20.8 Å². The van der Waals surface area contributed by atoms with Gasteiger partial charge in [0.25, 0.3) is 0 Å². The zero-order valence-electron chi connectivity index (χ0n) is 16.7. The van der Waals surface area contributed by atoms with Crippen LogP contribution in [0, 0.1) is 0 Å². The predicted octanol–water partition coefficient (Wildman–Crippen LogP) is 4.89. The second kappa shape index (κ2) is 7.93. The van der Waals surface area contributed by atoms with Crippen molar-refractivity contribution in [2.75, 3.05) is 0 Å². The third-order valence-corrected chi connectivity index (χ3v) is 5.28. The number of hydrogen-bond donors (Lipinski definition) is 4. The Balaban J connectivity index is 1.67. The zero-order valence-corrected chi connectivity index (χ0v) is 16.7. The minimum atomic E-state index is 0.0900. The first-order valence-corrected chi connectivity index (χ1v) is 10.00. The van der Waals surface area contributed by atoms with Crippen molar-refractivity contribution in [2.45, 2.75) is 6.54 Å². The van der Waals surface area contributed by atoms with Crippen molar-refractivity contribution >= 4 is 22.3 Å². The van der Waals surface area contributed by atoms with Crippen molar-refractivity contribution in [3.8, 4) is 17.1 Å². The lowest BCUT2D eigenvalue weighted by Gasteiger charge is -2.10. The third kappa shape index (κ3) is 3.60. The van der Waals surface area contributed by atoms with Crippen LogP contribution in [0.1, 0.15) is 16.7 Å². The molecule has 6 nitrogen and oxygen atoms in total. The van der Waals surface area contributed by atoms with Crippen LogP contribution in [0.4, 0.5) is 5.69 Å². The molecule has 0 aliphatic carbocycles. The highest BCUT2D eigenvalue weighted by Gasteiger charge is 2.18. The zero-order chi connectivity index (χ0) is 21.2. The Hall–Kier alpha value is -4.16. The number of hydrogen-bond acceptors (Lipinski definition) is 4. The van der Waals surface area contributed by atoms with E-state index in [1.54, 1.807) is 12.5 Å². The van der Waals surface area contributed by atoms with Crippen LogP contribution in [0.25, 0.3) is 22.2 Å². The molecule has 0 radical (unpaired) electrons. The average molecular weight is 407 g/mol. The van der Waals surface area contributed by atoms with E-state index in [0.29, 0.717) is 17.8 Å². The Kier molecular flexibility index (Phi) is 4.82. The fourth-order valence-corrected chi connectivity index (χ4v) is 3.74. The quantitative estimate of drug-likeness (QED) is 0.312. The van der Waals surface area contributed by atoms with Crippen molar-refractivity contribution in [3.05, 3.63) is 102 Å². The Bertz CT molecular complexity index is 1370. The van der Waals surface area contributed by atoms with Gasteiger partial charge in [-0.2, -0.15) is 0 Å². The van der Waals surface area contributed by atoms with Crippen LogP contribution in [0.3, 0.4) is 0 Å². The molecule has 5 N–H and O–H groups in total. The minimum Gasteiger partial charge on any atom is -0.494 e. The van der Waals surface area contributed by atoms with Crippen LogP contribution < -0.4 is 5.73 Å². The van der Waals surface area contributed by atoms with Gasteiger partial charge in [-0.1, -0.05) is 48.5 Å². The molecule has 0 unspecified atom stereocenters. The molecule has 2 heterocycles. The van der Waals surface area contributed by atoms with Crippen molar-refractivity contribution in [1.29, 1.82) is 0 Å². The molecule has 0 atom stereocenters. The number of para-hydroxylation sites is 1. The van der Waals surface area contributed by atoms with Crippen LogP contribution in [0.15, 0.2) is 90.3 Å². The normalized spacial score (nSPS) is 11.8. The molecule has 0 saturated heterocycles. The van der Waals surface area contributed by atoms with Gasteiger partial charge in [-0.3, -0.25) is 0 Å². The molecule has 2 aromatic heterocycles. The molecule has 0 aliphatic rings. The largest absolute Gasteiger partial charge is 0.494 e. The molecule has 0 aliphatic heterocycles. The first kappa shape index (κ1) is 18.8. The third-order valence-electron chi connectivity index (χ3n) is 5.28. The highest BCUT2D eigenvalue weighted by Crippen LogP contribution is 2.32. The van der Waals surface area contributed by atoms with E-state index in [1.165, 1.54) is 0 Å². The maximum Gasteiger partial charge on any atom is 0.199 e. The fourth-order valence-electron chi connectivity index (χ4n) is 3.74. The minimum absolute atomic E-state index is 0.0900. The summed E-state index contributed by atoms with van der Waals surface area (Å²) in [6, 6.07) is 23.6. The molecule has 6 heteroatoms. The Labute approximate surface area is 179 Å². The van der Waals surface area contributed by atoms with Crippen molar-refractivity contribution in [3.63, 3.8) is 0 Å². The number of aromatic nitrogens is 3. The van der Waals surface area contributed by atoms with Gasteiger partial charge in [-0.25, -0.2) is 9.98 Å². The van der Waals surface area contributed by atoms with E-state index in [2.05, 4.69) is 15.0 Å². The van der Waals surface area contributed by atoms with Gasteiger partial charge in [0.2, 0.25) is 0 Å². The highest BCUT2D eigenvalue weighted by molar-refractivity contribution is 6.21. The summed E-state index contributed by atoms with van der Waals surface area (Å²) in [5.41, 5.74) is 12.7. The summed E-state index contributed by atoms with van der Waals surface area (Å²) >= 11 is 0. The van der Waals surface area contributed by atoms with Gasteiger partial charge in [-0.15, -0.1) is 0 Å². The number of nitrogens with two attached hydrogens (primary N) is 1. The van der Waals surface area contributed by atoms with Gasteiger partial charge in [0.05, 0.1) is 35.2 Å². The summed E-state index contributed by atoms with van der Waals surface area (Å²) in [6.07, 6.45) is 3.44. The van der Waals surface area contributed by atoms with Gasteiger partial charge in [0.15, 0.2) is 5.88 Å². The highest BCUT2D eigenvalue weighted by atomic mass is 16.3. The smallest absolute Gasteiger partial charge is 0.199 e. The lowest BCUT2D eigenvalue weighted by atomic mass is 9.99. The first-order valence-electron chi connectivity index (χ1n) is 10.00. The number of imidazole rings is 1. The second-order valence-corrected chi connectivity index (χ2v) is 7.27. The van der Waals surface area contributed by atoms with E-state index in [4.69, 9.17) is 10.7 Å². The van der Waals surface area contributed by atoms with Crippen LogP contribution in [0.5, 0.6) is 5.88 Å². The van der Waals surface area contributed by atoms with Gasteiger partial charge in [0.1, 0.15) is 0 Å². The van der Waals surface area contributed by atoms with Gasteiger partial charge in [0, 0.05) is 23.0 Å². The summed E-state index contributed by atoms with van der Waals surface area (Å²) in [5.74, 6) is 0.0900. The van der Waals surface area contributed by atoms with E-state index in [1.807, 2.05) is 72.8 Å². The number of aromatic amines is 2. The molecule has 0 saturated carbocycles. The molecule has 0 fully saturated rings. The molecule has 0 spiro atoms. The van der Waals surface area contributed by atoms with Gasteiger partial charge >= 0.3 is 0 Å². The van der Waals surface area contributed by atoms with Crippen molar-refractivity contribution < 1.29 is 5.11 Å². The average Bonchev–Trinajstić information content (AvgIpc) is 3.46. The second-order valence-electron chi connectivity index (χ2n) is 7.27. The summed E-state index contributed by atoms with van der Waals surface area (Å²) in [6.45, 7) is 0.430. The molecule has 3 aromatic carbocycles. The maximum atomic E-state index is 10.8. The fraction of sp³-hybridized carbons (Fsp3) is 0.0400. The first-order chi connectivity index (χ1) is 15.2. The topological polar surface area (TPSA) is 103 Å².